The topological polar surface area (TPSA) is 39.2 Å². The van der Waals surface area contributed by atoms with Gasteiger partial charge < -0.3 is 10.2 Å². The molecule has 0 aliphatic rings. The van der Waals surface area contributed by atoms with Gasteiger partial charge in [0.2, 0.25) is 0 Å². The van der Waals surface area contributed by atoms with Crippen LogP contribution in [0.3, 0.4) is 0 Å². The van der Waals surface area contributed by atoms with Crippen LogP contribution in [0.25, 0.3) is 0 Å². The standard InChI is InChI=1S/C11H8Br2ClNO/c12-6-1-2-9(14)7(5-6)10(15)11-8(13)3-4-16-11/h1-5,10H,15H2. The molecule has 16 heavy (non-hydrogen) atoms. The predicted octanol–water partition coefficient (Wildman–Crippen LogP) is 4.51. The average molecular weight is 365 g/mol. The molecule has 5 heteroatoms. The lowest BCUT2D eigenvalue weighted by Gasteiger charge is -2.12. The molecule has 0 saturated heterocycles. The van der Waals surface area contributed by atoms with Crippen molar-refractivity contribution in [2.45, 2.75) is 6.04 Å². The van der Waals surface area contributed by atoms with Crippen LogP contribution in [0.2, 0.25) is 5.02 Å². The van der Waals surface area contributed by atoms with Gasteiger partial charge in [-0.2, -0.15) is 0 Å². The van der Waals surface area contributed by atoms with Gasteiger partial charge >= 0.3 is 0 Å². The van der Waals surface area contributed by atoms with Crippen LogP contribution in [0.5, 0.6) is 0 Å². The lowest BCUT2D eigenvalue weighted by atomic mass is 10.1. The number of benzene rings is 1. The van der Waals surface area contributed by atoms with Gasteiger partial charge in [-0.1, -0.05) is 27.5 Å². The number of hydrogen-bond donors (Lipinski definition) is 1. The molecule has 1 aromatic carbocycles. The first kappa shape index (κ1) is 12.2. The zero-order valence-electron chi connectivity index (χ0n) is 8.08. The minimum atomic E-state index is -0.380. The number of furan rings is 1. The maximum absolute atomic E-state index is 6.10. The van der Waals surface area contributed by atoms with Gasteiger partial charge in [0, 0.05) is 9.50 Å². The Balaban J connectivity index is 2.45. The summed E-state index contributed by atoms with van der Waals surface area (Å²) in [7, 11) is 0. The molecule has 0 radical (unpaired) electrons. The number of nitrogens with two attached hydrogens (primary N) is 1. The van der Waals surface area contributed by atoms with Crippen molar-refractivity contribution < 1.29 is 4.42 Å². The molecule has 0 aliphatic heterocycles. The monoisotopic (exact) mass is 363 g/mol. The number of halogens is 3. The van der Waals surface area contributed by atoms with E-state index in [1.807, 2.05) is 12.1 Å². The van der Waals surface area contributed by atoms with Gasteiger partial charge in [0.15, 0.2) is 0 Å². The molecule has 1 atom stereocenters. The molecule has 1 unspecified atom stereocenters. The van der Waals surface area contributed by atoms with Gasteiger partial charge in [0.1, 0.15) is 5.76 Å². The summed E-state index contributed by atoms with van der Waals surface area (Å²) in [5.41, 5.74) is 6.93. The molecule has 0 aliphatic carbocycles. The third-order valence-corrected chi connectivity index (χ3v) is 3.71. The van der Waals surface area contributed by atoms with Crippen molar-refractivity contribution in [1.82, 2.24) is 0 Å². The minimum absolute atomic E-state index is 0.380. The molecule has 1 aromatic heterocycles. The Bertz CT molecular complexity index is 512. The van der Waals surface area contributed by atoms with E-state index in [1.54, 1.807) is 18.4 Å². The molecule has 0 saturated carbocycles. The van der Waals surface area contributed by atoms with E-state index in [1.165, 1.54) is 0 Å². The summed E-state index contributed by atoms with van der Waals surface area (Å²) in [6.07, 6.45) is 1.59. The maximum atomic E-state index is 6.10. The second kappa shape index (κ2) is 4.92. The summed E-state index contributed by atoms with van der Waals surface area (Å²) in [6, 6.07) is 6.99. The van der Waals surface area contributed by atoms with Crippen molar-refractivity contribution in [1.29, 1.82) is 0 Å². The normalized spacial score (nSPS) is 12.8. The predicted molar refractivity (Wildman–Crippen MR) is 71.6 cm³/mol. The molecule has 2 nitrogen and oxygen atoms in total. The molecule has 84 valence electrons. The zero-order valence-corrected chi connectivity index (χ0v) is 12.0. The zero-order chi connectivity index (χ0) is 11.7. The smallest absolute Gasteiger partial charge is 0.139 e. The van der Waals surface area contributed by atoms with Gasteiger partial charge in [0.25, 0.3) is 0 Å². The molecule has 0 fully saturated rings. The Morgan fingerprint density at radius 1 is 1.25 bits per heavy atom. The fraction of sp³-hybridized carbons (Fsp3) is 0.0909. The first-order valence-electron chi connectivity index (χ1n) is 4.53. The van der Waals surface area contributed by atoms with Gasteiger partial charge in [-0.05, 0) is 45.8 Å². The second-order valence-electron chi connectivity index (χ2n) is 3.28. The Kier molecular flexibility index (Phi) is 3.74. The van der Waals surface area contributed by atoms with Crippen LogP contribution in [0, 0.1) is 0 Å². The first-order chi connectivity index (χ1) is 7.59. The first-order valence-corrected chi connectivity index (χ1v) is 6.49. The van der Waals surface area contributed by atoms with Crippen molar-refractivity contribution in [3.8, 4) is 0 Å². The van der Waals surface area contributed by atoms with E-state index >= 15 is 0 Å². The van der Waals surface area contributed by atoms with Crippen molar-refractivity contribution in [3.05, 3.63) is 55.8 Å². The highest BCUT2D eigenvalue weighted by molar-refractivity contribution is 9.10. The van der Waals surface area contributed by atoms with E-state index < -0.39 is 0 Å². The van der Waals surface area contributed by atoms with Crippen molar-refractivity contribution in [3.63, 3.8) is 0 Å². The Hall–Kier alpha value is -0.290. The average Bonchev–Trinajstić information content (AvgIpc) is 2.67. The van der Waals surface area contributed by atoms with Crippen LogP contribution < -0.4 is 5.73 Å². The second-order valence-corrected chi connectivity index (χ2v) is 5.45. The van der Waals surface area contributed by atoms with Gasteiger partial charge in [0.05, 0.1) is 16.8 Å². The SMILES string of the molecule is NC(c1cc(Br)ccc1Cl)c1occc1Br. The summed E-state index contributed by atoms with van der Waals surface area (Å²) in [6.45, 7) is 0. The van der Waals surface area contributed by atoms with Crippen molar-refractivity contribution in [2.75, 3.05) is 0 Å². The van der Waals surface area contributed by atoms with E-state index in [2.05, 4.69) is 31.9 Å². The lowest BCUT2D eigenvalue weighted by Crippen LogP contribution is -2.12. The largest absolute Gasteiger partial charge is 0.466 e. The maximum Gasteiger partial charge on any atom is 0.139 e. The Morgan fingerprint density at radius 2 is 2.00 bits per heavy atom. The summed E-state index contributed by atoms with van der Waals surface area (Å²) in [5.74, 6) is 0.667. The molecule has 2 rings (SSSR count). The Morgan fingerprint density at radius 3 is 2.62 bits per heavy atom. The highest BCUT2D eigenvalue weighted by Gasteiger charge is 2.18. The fourth-order valence-corrected chi connectivity index (χ4v) is 2.48. The highest BCUT2D eigenvalue weighted by atomic mass is 79.9. The van der Waals surface area contributed by atoms with Crippen LogP contribution in [0.15, 0.2) is 43.9 Å². The van der Waals surface area contributed by atoms with Crippen LogP contribution in [0.1, 0.15) is 17.4 Å². The molecular weight excluding hydrogens is 357 g/mol. The van der Waals surface area contributed by atoms with E-state index in [9.17, 15) is 0 Å². The van der Waals surface area contributed by atoms with Crippen LogP contribution in [0.4, 0.5) is 0 Å². The molecule has 1 heterocycles. The lowest BCUT2D eigenvalue weighted by molar-refractivity contribution is 0.487. The third kappa shape index (κ3) is 2.35. The third-order valence-electron chi connectivity index (χ3n) is 2.22. The molecular formula is C11H8Br2ClNO. The van der Waals surface area contributed by atoms with E-state index in [4.69, 9.17) is 21.8 Å². The molecule has 2 aromatic rings. The minimum Gasteiger partial charge on any atom is -0.466 e. The van der Waals surface area contributed by atoms with Gasteiger partial charge in [-0.25, -0.2) is 0 Å². The summed E-state index contributed by atoms with van der Waals surface area (Å²) in [5, 5.41) is 0.624. The van der Waals surface area contributed by atoms with Crippen molar-refractivity contribution in [2.24, 2.45) is 5.73 Å². The Labute approximate surface area is 115 Å². The number of hydrogen-bond acceptors (Lipinski definition) is 2. The molecule has 2 N–H and O–H groups in total. The van der Waals surface area contributed by atoms with Crippen LogP contribution in [-0.4, -0.2) is 0 Å². The van der Waals surface area contributed by atoms with E-state index in [0.717, 1.165) is 14.5 Å². The molecule has 0 bridgehead atoms. The quantitative estimate of drug-likeness (QED) is 0.851. The molecule has 0 spiro atoms. The number of rotatable bonds is 2. The van der Waals surface area contributed by atoms with E-state index in [0.29, 0.717) is 10.8 Å². The summed E-state index contributed by atoms with van der Waals surface area (Å²) in [4.78, 5) is 0. The fourth-order valence-electron chi connectivity index (χ4n) is 1.42. The van der Waals surface area contributed by atoms with Gasteiger partial charge in [-0.3, -0.25) is 0 Å². The van der Waals surface area contributed by atoms with Crippen molar-refractivity contribution >= 4 is 43.5 Å². The highest BCUT2D eigenvalue weighted by Crippen LogP contribution is 2.32. The summed E-state index contributed by atoms with van der Waals surface area (Å²) >= 11 is 12.9. The van der Waals surface area contributed by atoms with E-state index in [-0.39, 0.29) is 6.04 Å². The van der Waals surface area contributed by atoms with Gasteiger partial charge in [-0.15, -0.1) is 0 Å². The molecule has 0 amide bonds. The summed E-state index contributed by atoms with van der Waals surface area (Å²) < 4.78 is 7.11. The van der Waals surface area contributed by atoms with Crippen LogP contribution in [-0.2, 0) is 0 Å². The van der Waals surface area contributed by atoms with Crippen LogP contribution >= 0.6 is 43.5 Å².